The Labute approximate surface area is 289 Å². The van der Waals surface area contributed by atoms with Gasteiger partial charge in [-0.15, -0.1) is 0 Å². The Kier molecular flexibility index (Phi) is 6.56. The van der Waals surface area contributed by atoms with Crippen molar-refractivity contribution >= 4 is 43.7 Å². The van der Waals surface area contributed by atoms with Crippen molar-refractivity contribution in [3.05, 3.63) is 176 Å². The summed E-state index contributed by atoms with van der Waals surface area (Å²) in [4.78, 5) is 15.1. The lowest BCUT2D eigenvalue weighted by atomic mass is 9.99. The van der Waals surface area contributed by atoms with Crippen molar-refractivity contribution in [2.24, 2.45) is 0 Å². The molecule has 5 nitrogen and oxygen atoms in total. The van der Waals surface area contributed by atoms with Gasteiger partial charge in [-0.05, 0) is 72.1 Å². The predicted molar refractivity (Wildman–Crippen MR) is 205 cm³/mol. The van der Waals surface area contributed by atoms with E-state index in [2.05, 4.69) is 155 Å². The van der Waals surface area contributed by atoms with E-state index < -0.39 is 0 Å². The summed E-state index contributed by atoms with van der Waals surface area (Å²) in [5, 5.41) is 3.56. The number of rotatable bonds is 5. The molecule has 0 saturated heterocycles. The van der Waals surface area contributed by atoms with Gasteiger partial charge in [0.05, 0.1) is 45.2 Å². The van der Waals surface area contributed by atoms with Crippen LogP contribution in [0.25, 0.3) is 77.5 Å². The molecule has 0 fully saturated rings. The predicted octanol–water partition coefficient (Wildman–Crippen LogP) is 11.0. The number of allylic oxidation sites excluding steroid dienone is 4. The van der Waals surface area contributed by atoms with Crippen molar-refractivity contribution in [1.82, 2.24) is 24.1 Å². The SMILES string of the molecule is C1=CCC(c2ncc(-n3c4ccc(-c5ccc6c(c5)c5ccccc5n6-c5ccccc5)cc4c4ncccc43)c(-c3ccccc3)n2)C=C1. The third-order valence-corrected chi connectivity index (χ3v) is 9.93. The monoisotopic (exact) mass is 641 g/mol. The summed E-state index contributed by atoms with van der Waals surface area (Å²) in [5.74, 6) is 0.983. The van der Waals surface area contributed by atoms with E-state index in [1.54, 1.807) is 0 Å². The van der Waals surface area contributed by atoms with Gasteiger partial charge in [0.1, 0.15) is 5.82 Å². The van der Waals surface area contributed by atoms with Crippen molar-refractivity contribution in [2.75, 3.05) is 0 Å². The molecule has 1 atom stereocenters. The standard InChI is InChI=1S/C45H31N5/c1-4-13-30(14-5-1)43-42(29-47-45(48-43)31-15-6-2-7-16-31)50-40-25-23-33(28-37(40)44-41(50)21-12-26-46-44)32-22-24-39-36(27-32)35-19-10-11-20-38(35)49(39)34-17-8-3-9-18-34/h1-15,17-29,31H,16H2. The summed E-state index contributed by atoms with van der Waals surface area (Å²) < 4.78 is 4.63. The van der Waals surface area contributed by atoms with Crippen molar-refractivity contribution in [1.29, 1.82) is 0 Å². The average molecular weight is 642 g/mol. The van der Waals surface area contributed by atoms with Crippen LogP contribution >= 0.6 is 0 Å². The second-order valence-electron chi connectivity index (χ2n) is 12.8. The van der Waals surface area contributed by atoms with Gasteiger partial charge in [0, 0.05) is 39.5 Å². The van der Waals surface area contributed by atoms with Gasteiger partial charge in [-0.3, -0.25) is 4.98 Å². The molecule has 50 heavy (non-hydrogen) atoms. The molecule has 1 aliphatic carbocycles. The fourth-order valence-electron chi connectivity index (χ4n) is 7.59. The van der Waals surface area contributed by atoms with Gasteiger partial charge in [0.2, 0.25) is 0 Å². The van der Waals surface area contributed by atoms with E-state index in [1.165, 1.54) is 27.4 Å². The molecular weight excluding hydrogens is 611 g/mol. The van der Waals surface area contributed by atoms with Crippen molar-refractivity contribution in [3.63, 3.8) is 0 Å². The van der Waals surface area contributed by atoms with E-state index in [0.29, 0.717) is 0 Å². The second kappa shape index (κ2) is 11.5. The lowest BCUT2D eigenvalue weighted by molar-refractivity contribution is 0.771. The highest BCUT2D eigenvalue weighted by Gasteiger charge is 2.21. The third-order valence-electron chi connectivity index (χ3n) is 9.93. The Morgan fingerprint density at radius 3 is 2.04 bits per heavy atom. The maximum atomic E-state index is 5.24. The first-order valence-electron chi connectivity index (χ1n) is 17.1. The first-order valence-corrected chi connectivity index (χ1v) is 17.1. The molecule has 4 aromatic heterocycles. The van der Waals surface area contributed by atoms with Crippen LogP contribution in [-0.4, -0.2) is 24.1 Å². The molecule has 10 rings (SSSR count). The maximum absolute atomic E-state index is 5.24. The number of aromatic nitrogens is 5. The fraction of sp³-hybridized carbons (Fsp3) is 0.0444. The number of fused-ring (bicyclic) bond motifs is 6. The highest BCUT2D eigenvalue weighted by molar-refractivity contribution is 6.12. The zero-order valence-corrected chi connectivity index (χ0v) is 27.2. The molecule has 1 aliphatic rings. The van der Waals surface area contributed by atoms with E-state index >= 15 is 0 Å². The molecule has 0 saturated carbocycles. The third kappa shape index (κ3) is 4.51. The first kappa shape index (κ1) is 28.4. The van der Waals surface area contributed by atoms with Crippen LogP contribution in [0.15, 0.2) is 170 Å². The van der Waals surface area contributed by atoms with E-state index in [1.807, 2.05) is 24.5 Å². The summed E-state index contributed by atoms with van der Waals surface area (Å²) >= 11 is 0. The van der Waals surface area contributed by atoms with Crippen LogP contribution in [0.4, 0.5) is 0 Å². The van der Waals surface area contributed by atoms with Crippen LogP contribution in [0, 0.1) is 0 Å². The molecule has 4 heterocycles. The molecular formula is C45H31N5. The minimum atomic E-state index is 0.151. The topological polar surface area (TPSA) is 48.5 Å². The smallest absolute Gasteiger partial charge is 0.136 e. The minimum absolute atomic E-state index is 0.151. The summed E-state index contributed by atoms with van der Waals surface area (Å²) in [6.45, 7) is 0. The molecule has 0 N–H and O–H groups in total. The molecule has 5 aromatic carbocycles. The fourth-order valence-corrected chi connectivity index (χ4v) is 7.59. The Morgan fingerprint density at radius 2 is 1.24 bits per heavy atom. The van der Waals surface area contributed by atoms with Crippen LogP contribution in [-0.2, 0) is 0 Å². The summed E-state index contributed by atoms with van der Waals surface area (Å²) in [6, 6.07) is 47.4. The van der Waals surface area contributed by atoms with Crippen molar-refractivity contribution in [3.8, 4) is 33.8 Å². The molecule has 0 spiro atoms. The number of hydrogen-bond donors (Lipinski definition) is 0. The molecule has 0 amide bonds. The number of pyridine rings is 1. The van der Waals surface area contributed by atoms with Gasteiger partial charge >= 0.3 is 0 Å². The molecule has 236 valence electrons. The molecule has 0 bridgehead atoms. The van der Waals surface area contributed by atoms with Crippen LogP contribution in [0.3, 0.4) is 0 Å². The van der Waals surface area contributed by atoms with Crippen LogP contribution in [0.5, 0.6) is 0 Å². The average Bonchev–Trinajstić information content (AvgIpc) is 3.71. The zero-order valence-electron chi connectivity index (χ0n) is 27.2. The lowest BCUT2D eigenvalue weighted by Crippen LogP contribution is -2.08. The van der Waals surface area contributed by atoms with E-state index in [0.717, 1.165) is 62.4 Å². The van der Waals surface area contributed by atoms with Gasteiger partial charge in [0.15, 0.2) is 0 Å². The minimum Gasteiger partial charge on any atom is -0.309 e. The van der Waals surface area contributed by atoms with E-state index in [-0.39, 0.29) is 5.92 Å². The molecule has 9 aromatic rings. The lowest BCUT2D eigenvalue weighted by Gasteiger charge is -2.17. The molecule has 5 heteroatoms. The normalized spacial score (nSPS) is 14.4. The zero-order chi connectivity index (χ0) is 33.0. The summed E-state index contributed by atoms with van der Waals surface area (Å²) in [5.41, 5.74) is 11.8. The summed E-state index contributed by atoms with van der Waals surface area (Å²) in [6.07, 6.45) is 13.3. The van der Waals surface area contributed by atoms with E-state index in [4.69, 9.17) is 15.0 Å². The number of hydrogen-bond acceptors (Lipinski definition) is 3. The Morgan fingerprint density at radius 1 is 0.540 bits per heavy atom. The highest BCUT2D eigenvalue weighted by atomic mass is 15.0. The van der Waals surface area contributed by atoms with Gasteiger partial charge < -0.3 is 9.13 Å². The quantitative estimate of drug-likeness (QED) is 0.188. The Hall–Kier alpha value is -6.59. The summed E-state index contributed by atoms with van der Waals surface area (Å²) in [7, 11) is 0. The largest absolute Gasteiger partial charge is 0.309 e. The number of nitrogens with zero attached hydrogens (tertiary/aromatic N) is 5. The van der Waals surface area contributed by atoms with Gasteiger partial charge in [-0.2, -0.15) is 0 Å². The molecule has 1 unspecified atom stereocenters. The van der Waals surface area contributed by atoms with Gasteiger partial charge in [0.25, 0.3) is 0 Å². The number of para-hydroxylation sites is 2. The second-order valence-corrected chi connectivity index (χ2v) is 12.8. The number of benzene rings is 5. The van der Waals surface area contributed by atoms with Gasteiger partial charge in [-0.25, -0.2) is 9.97 Å². The van der Waals surface area contributed by atoms with Crippen molar-refractivity contribution in [2.45, 2.75) is 12.3 Å². The maximum Gasteiger partial charge on any atom is 0.136 e. The molecule has 0 aliphatic heterocycles. The van der Waals surface area contributed by atoms with Crippen LogP contribution < -0.4 is 0 Å². The van der Waals surface area contributed by atoms with Gasteiger partial charge in [-0.1, -0.05) is 103 Å². The molecule has 0 radical (unpaired) electrons. The first-order chi connectivity index (χ1) is 24.8. The highest BCUT2D eigenvalue weighted by Crippen LogP contribution is 2.39. The Bertz CT molecular complexity index is 2790. The van der Waals surface area contributed by atoms with Crippen LogP contribution in [0.1, 0.15) is 18.2 Å². The van der Waals surface area contributed by atoms with Crippen molar-refractivity contribution < 1.29 is 0 Å². The van der Waals surface area contributed by atoms with E-state index in [9.17, 15) is 0 Å². The Balaban J connectivity index is 1.16. The van der Waals surface area contributed by atoms with Crippen LogP contribution in [0.2, 0.25) is 0 Å².